The molecule has 2 heterocycles. The topological polar surface area (TPSA) is 84.3 Å². The summed E-state index contributed by atoms with van der Waals surface area (Å²) in [6.07, 6.45) is 7.18. The van der Waals surface area contributed by atoms with Crippen LogP contribution in [0.25, 0.3) is 0 Å². The van der Waals surface area contributed by atoms with Gasteiger partial charge in [-0.2, -0.15) is 4.31 Å². The van der Waals surface area contributed by atoms with Crippen LogP contribution in [0.5, 0.6) is 0 Å². The van der Waals surface area contributed by atoms with E-state index in [-0.39, 0.29) is 10.8 Å². The molecule has 0 aliphatic carbocycles. The number of aromatic nitrogens is 2. The molecule has 2 aromatic rings. The van der Waals surface area contributed by atoms with Gasteiger partial charge >= 0.3 is 0 Å². The number of imidazole rings is 1. The Labute approximate surface area is 166 Å². The molecule has 1 N–H and O–H groups in total. The first-order chi connectivity index (χ1) is 13.4. The van der Waals surface area contributed by atoms with Gasteiger partial charge in [0.15, 0.2) is 0 Å². The van der Waals surface area contributed by atoms with Crippen LogP contribution >= 0.6 is 0 Å². The SMILES string of the molecule is C[C@@H]1C[C@H](C)CN(S(=O)(=O)c2ccc(C(=O)NCCCn3ccnc3)cc2)C1. The largest absolute Gasteiger partial charge is 0.352 e. The van der Waals surface area contributed by atoms with Crippen molar-refractivity contribution in [2.45, 2.75) is 38.1 Å². The van der Waals surface area contributed by atoms with E-state index in [0.29, 0.717) is 37.0 Å². The summed E-state index contributed by atoms with van der Waals surface area (Å²) in [5.74, 6) is 0.506. The first kappa shape index (κ1) is 20.5. The molecule has 3 rings (SSSR count). The van der Waals surface area contributed by atoms with Crippen LogP contribution in [-0.4, -0.2) is 47.8 Å². The Morgan fingerprint density at radius 1 is 1.18 bits per heavy atom. The highest BCUT2D eigenvalue weighted by molar-refractivity contribution is 7.89. The minimum Gasteiger partial charge on any atom is -0.352 e. The Bertz CT molecular complexity index is 869. The maximum absolute atomic E-state index is 12.9. The molecule has 0 radical (unpaired) electrons. The van der Waals surface area contributed by atoms with Crippen molar-refractivity contribution in [3.63, 3.8) is 0 Å². The summed E-state index contributed by atoms with van der Waals surface area (Å²) in [7, 11) is -3.52. The van der Waals surface area contributed by atoms with E-state index in [9.17, 15) is 13.2 Å². The van der Waals surface area contributed by atoms with E-state index in [1.807, 2.05) is 10.8 Å². The number of piperidine rings is 1. The van der Waals surface area contributed by atoms with Gasteiger partial charge in [-0.1, -0.05) is 13.8 Å². The standard InChI is InChI=1S/C20H28N4O3S/c1-16-12-17(2)14-24(13-16)28(26,27)19-6-4-18(5-7-19)20(25)22-8-3-10-23-11-9-21-15-23/h4-7,9,11,15-17H,3,8,10,12-14H2,1-2H3,(H,22,25)/t16-,17+. The Morgan fingerprint density at radius 2 is 1.86 bits per heavy atom. The molecule has 1 aliphatic rings. The maximum Gasteiger partial charge on any atom is 0.251 e. The van der Waals surface area contributed by atoms with Crippen LogP contribution in [0, 0.1) is 11.8 Å². The van der Waals surface area contributed by atoms with Gasteiger partial charge in [0.05, 0.1) is 11.2 Å². The van der Waals surface area contributed by atoms with E-state index >= 15 is 0 Å². The summed E-state index contributed by atoms with van der Waals surface area (Å²) in [6, 6.07) is 6.21. The second kappa shape index (κ2) is 8.87. The average molecular weight is 405 g/mol. The van der Waals surface area contributed by atoms with E-state index < -0.39 is 10.0 Å². The van der Waals surface area contributed by atoms with E-state index in [2.05, 4.69) is 24.1 Å². The smallest absolute Gasteiger partial charge is 0.251 e. The van der Waals surface area contributed by atoms with Crippen molar-refractivity contribution in [3.05, 3.63) is 48.5 Å². The zero-order valence-corrected chi connectivity index (χ0v) is 17.2. The Kier molecular flexibility index (Phi) is 6.51. The second-order valence-corrected chi connectivity index (χ2v) is 9.64. The van der Waals surface area contributed by atoms with Gasteiger partial charge in [0, 0.05) is 44.1 Å². The summed E-state index contributed by atoms with van der Waals surface area (Å²) in [6.45, 7) is 6.58. The number of nitrogens with zero attached hydrogens (tertiary/aromatic N) is 3. The van der Waals surface area contributed by atoms with Gasteiger partial charge in [-0.3, -0.25) is 4.79 Å². The summed E-state index contributed by atoms with van der Waals surface area (Å²) < 4.78 is 29.3. The summed E-state index contributed by atoms with van der Waals surface area (Å²) in [5.41, 5.74) is 0.460. The third-order valence-corrected chi connectivity index (χ3v) is 6.87. The molecule has 1 aromatic carbocycles. The minimum absolute atomic E-state index is 0.199. The number of rotatable bonds is 7. The zero-order chi connectivity index (χ0) is 20.1. The number of carbonyl (C=O) groups excluding carboxylic acids is 1. The molecule has 1 amide bonds. The molecular formula is C20H28N4O3S. The van der Waals surface area contributed by atoms with Crippen molar-refractivity contribution in [3.8, 4) is 0 Å². The first-order valence-electron chi connectivity index (χ1n) is 9.70. The quantitative estimate of drug-likeness (QED) is 0.718. The second-order valence-electron chi connectivity index (χ2n) is 7.70. The van der Waals surface area contributed by atoms with Crippen LogP contribution < -0.4 is 5.32 Å². The fraction of sp³-hybridized carbons (Fsp3) is 0.500. The lowest BCUT2D eigenvalue weighted by atomic mass is 9.94. The number of aryl methyl sites for hydroxylation is 1. The van der Waals surface area contributed by atoms with Gasteiger partial charge in [-0.25, -0.2) is 13.4 Å². The van der Waals surface area contributed by atoms with Gasteiger partial charge in [-0.15, -0.1) is 0 Å². The van der Waals surface area contributed by atoms with Crippen LogP contribution in [0.2, 0.25) is 0 Å². The molecule has 8 heteroatoms. The highest BCUT2D eigenvalue weighted by Crippen LogP contribution is 2.26. The van der Waals surface area contributed by atoms with Gasteiger partial charge in [-0.05, 0) is 48.9 Å². The van der Waals surface area contributed by atoms with Gasteiger partial charge in [0.25, 0.3) is 5.91 Å². The summed E-state index contributed by atoms with van der Waals surface area (Å²) in [4.78, 5) is 16.5. The highest BCUT2D eigenvalue weighted by Gasteiger charge is 2.31. The molecule has 28 heavy (non-hydrogen) atoms. The number of benzene rings is 1. The predicted octanol–water partition coefficient (Wildman–Crippen LogP) is 2.37. The van der Waals surface area contributed by atoms with Gasteiger partial charge in [0.1, 0.15) is 0 Å². The maximum atomic E-state index is 12.9. The number of hydrogen-bond donors (Lipinski definition) is 1. The Hall–Kier alpha value is -2.19. The normalized spacial score (nSPS) is 20.8. The van der Waals surface area contributed by atoms with Crippen LogP contribution in [0.4, 0.5) is 0 Å². The molecule has 2 atom stereocenters. The Morgan fingerprint density at radius 3 is 2.46 bits per heavy atom. The van der Waals surface area contributed by atoms with Crippen molar-refractivity contribution in [2.75, 3.05) is 19.6 Å². The fourth-order valence-corrected chi connectivity index (χ4v) is 5.39. The molecular weight excluding hydrogens is 376 g/mol. The zero-order valence-electron chi connectivity index (χ0n) is 16.4. The number of hydrogen-bond acceptors (Lipinski definition) is 4. The lowest BCUT2D eigenvalue weighted by Gasteiger charge is -2.34. The van der Waals surface area contributed by atoms with E-state index in [1.54, 1.807) is 29.0 Å². The first-order valence-corrected chi connectivity index (χ1v) is 11.1. The number of amides is 1. The predicted molar refractivity (Wildman–Crippen MR) is 107 cm³/mol. The third-order valence-electron chi connectivity index (χ3n) is 5.03. The molecule has 1 aliphatic heterocycles. The van der Waals surface area contributed by atoms with Crippen molar-refractivity contribution < 1.29 is 13.2 Å². The van der Waals surface area contributed by atoms with Crippen molar-refractivity contribution >= 4 is 15.9 Å². The molecule has 0 bridgehead atoms. The monoisotopic (exact) mass is 404 g/mol. The third kappa shape index (κ3) is 4.99. The Balaban J connectivity index is 1.56. The van der Waals surface area contributed by atoms with Gasteiger partial charge < -0.3 is 9.88 Å². The molecule has 1 fully saturated rings. The molecule has 0 saturated carbocycles. The lowest BCUT2D eigenvalue weighted by Crippen LogP contribution is -2.42. The van der Waals surface area contributed by atoms with Crippen molar-refractivity contribution in [1.29, 1.82) is 0 Å². The number of carbonyl (C=O) groups is 1. The summed E-state index contributed by atoms with van der Waals surface area (Å²) >= 11 is 0. The number of nitrogens with one attached hydrogen (secondary N) is 1. The molecule has 0 spiro atoms. The molecule has 1 aromatic heterocycles. The lowest BCUT2D eigenvalue weighted by molar-refractivity contribution is 0.0952. The summed E-state index contributed by atoms with van der Waals surface area (Å²) in [5, 5.41) is 2.86. The van der Waals surface area contributed by atoms with Crippen LogP contribution in [-0.2, 0) is 16.6 Å². The average Bonchev–Trinajstić information content (AvgIpc) is 3.18. The van der Waals surface area contributed by atoms with E-state index in [0.717, 1.165) is 19.4 Å². The molecule has 0 unspecified atom stereocenters. The number of sulfonamides is 1. The fourth-order valence-electron chi connectivity index (χ4n) is 3.71. The minimum atomic E-state index is -3.52. The molecule has 152 valence electrons. The molecule has 1 saturated heterocycles. The van der Waals surface area contributed by atoms with E-state index in [1.165, 1.54) is 12.1 Å². The molecule has 7 nitrogen and oxygen atoms in total. The van der Waals surface area contributed by atoms with Crippen LogP contribution in [0.3, 0.4) is 0 Å². The van der Waals surface area contributed by atoms with Crippen molar-refractivity contribution in [2.24, 2.45) is 11.8 Å². The van der Waals surface area contributed by atoms with Gasteiger partial charge in [0.2, 0.25) is 10.0 Å². The van der Waals surface area contributed by atoms with Crippen molar-refractivity contribution in [1.82, 2.24) is 19.2 Å². The van der Waals surface area contributed by atoms with Crippen LogP contribution in [0.15, 0.2) is 47.9 Å². The van der Waals surface area contributed by atoms with E-state index in [4.69, 9.17) is 0 Å². The van der Waals surface area contributed by atoms with Crippen LogP contribution in [0.1, 0.15) is 37.0 Å². The highest BCUT2D eigenvalue weighted by atomic mass is 32.2.